The van der Waals surface area contributed by atoms with Crippen molar-refractivity contribution in [3.05, 3.63) is 29.8 Å². The smallest absolute Gasteiger partial charge is 0.118 e. The van der Waals surface area contributed by atoms with Gasteiger partial charge in [-0.15, -0.1) is 0 Å². The van der Waals surface area contributed by atoms with E-state index in [4.69, 9.17) is 4.74 Å². The molecule has 0 aliphatic heterocycles. The standard InChI is InChI=1S/C12H17NO/c1-13-12(9-3-4-9)10-5-7-11(14-2)8-6-10/h5-9,12-13H,3-4H2,1-2H3. The zero-order valence-electron chi connectivity index (χ0n) is 8.79. The van der Waals surface area contributed by atoms with Gasteiger partial charge in [-0.3, -0.25) is 0 Å². The van der Waals surface area contributed by atoms with Crippen LogP contribution in [0.4, 0.5) is 0 Å². The Labute approximate surface area is 85.3 Å². The molecular formula is C12H17NO. The van der Waals surface area contributed by atoms with E-state index in [0.29, 0.717) is 6.04 Å². The average molecular weight is 191 g/mol. The lowest BCUT2D eigenvalue weighted by Gasteiger charge is -2.15. The minimum absolute atomic E-state index is 0.529. The van der Waals surface area contributed by atoms with E-state index < -0.39 is 0 Å². The minimum Gasteiger partial charge on any atom is -0.497 e. The Kier molecular flexibility index (Phi) is 2.73. The molecule has 1 unspecified atom stereocenters. The van der Waals surface area contributed by atoms with Crippen molar-refractivity contribution >= 4 is 0 Å². The second kappa shape index (κ2) is 4.01. The van der Waals surface area contributed by atoms with E-state index in [-0.39, 0.29) is 0 Å². The molecule has 0 heterocycles. The van der Waals surface area contributed by atoms with Gasteiger partial charge >= 0.3 is 0 Å². The van der Waals surface area contributed by atoms with E-state index >= 15 is 0 Å². The highest BCUT2D eigenvalue weighted by molar-refractivity contribution is 5.30. The minimum atomic E-state index is 0.529. The molecular weight excluding hydrogens is 174 g/mol. The zero-order valence-corrected chi connectivity index (χ0v) is 8.79. The van der Waals surface area contributed by atoms with Gasteiger partial charge in [-0.25, -0.2) is 0 Å². The van der Waals surface area contributed by atoms with Crippen LogP contribution in [0.25, 0.3) is 0 Å². The van der Waals surface area contributed by atoms with Gasteiger partial charge in [0.05, 0.1) is 7.11 Å². The van der Waals surface area contributed by atoms with Crippen molar-refractivity contribution in [1.82, 2.24) is 5.32 Å². The predicted molar refractivity (Wildman–Crippen MR) is 57.5 cm³/mol. The van der Waals surface area contributed by atoms with Crippen molar-refractivity contribution in [1.29, 1.82) is 0 Å². The summed E-state index contributed by atoms with van der Waals surface area (Å²) in [7, 11) is 3.73. The van der Waals surface area contributed by atoms with Gasteiger partial charge in [0.2, 0.25) is 0 Å². The molecule has 1 aliphatic carbocycles. The molecule has 1 aromatic carbocycles. The molecule has 1 saturated carbocycles. The van der Waals surface area contributed by atoms with Crippen LogP contribution in [0.1, 0.15) is 24.4 Å². The molecule has 1 aromatic rings. The SMILES string of the molecule is CNC(c1ccc(OC)cc1)C1CC1. The number of nitrogens with one attached hydrogen (secondary N) is 1. The molecule has 1 fully saturated rings. The predicted octanol–water partition coefficient (Wildman–Crippen LogP) is 2.37. The molecule has 2 rings (SSSR count). The molecule has 0 amide bonds. The van der Waals surface area contributed by atoms with Crippen LogP contribution >= 0.6 is 0 Å². The summed E-state index contributed by atoms with van der Waals surface area (Å²) in [5.74, 6) is 1.77. The summed E-state index contributed by atoms with van der Waals surface area (Å²) in [5, 5.41) is 3.38. The summed E-state index contributed by atoms with van der Waals surface area (Å²) in [5.41, 5.74) is 1.37. The topological polar surface area (TPSA) is 21.3 Å². The van der Waals surface area contributed by atoms with Gasteiger partial charge in [0.25, 0.3) is 0 Å². The van der Waals surface area contributed by atoms with Crippen molar-refractivity contribution < 1.29 is 4.74 Å². The molecule has 2 nitrogen and oxygen atoms in total. The van der Waals surface area contributed by atoms with Gasteiger partial charge in [-0.05, 0) is 43.5 Å². The quantitative estimate of drug-likeness (QED) is 0.789. The Morgan fingerprint density at radius 2 is 1.93 bits per heavy atom. The first-order valence-electron chi connectivity index (χ1n) is 5.16. The third kappa shape index (κ3) is 1.90. The van der Waals surface area contributed by atoms with E-state index in [0.717, 1.165) is 11.7 Å². The number of hydrogen-bond donors (Lipinski definition) is 1. The molecule has 14 heavy (non-hydrogen) atoms. The fourth-order valence-corrected chi connectivity index (χ4v) is 1.92. The number of ether oxygens (including phenoxy) is 1. The first kappa shape index (κ1) is 9.53. The Bertz CT molecular complexity index is 290. The lowest BCUT2D eigenvalue weighted by Crippen LogP contribution is -2.17. The third-order valence-corrected chi connectivity index (χ3v) is 2.88. The van der Waals surface area contributed by atoms with E-state index in [1.165, 1.54) is 18.4 Å². The van der Waals surface area contributed by atoms with Crippen LogP contribution < -0.4 is 10.1 Å². The monoisotopic (exact) mass is 191 g/mol. The van der Waals surface area contributed by atoms with Crippen LogP contribution in [0.5, 0.6) is 5.75 Å². The summed E-state index contributed by atoms with van der Waals surface area (Å²) in [6.07, 6.45) is 2.72. The Morgan fingerprint density at radius 3 is 2.36 bits per heavy atom. The summed E-state index contributed by atoms with van der Waals surface area (Å²) in [4.78, 5) is 0. The second-order valence-electron chi connectivity index (χ2n) is 3.88. The number of benzene rings is 1. The molecule has 0 aromatic heterocycles. The molecule has 76 valence electrons. The maximum atomic E-state index is 5.14. The lowest BCUT2D eigenvalue weighted by molar-refractivity contribution is 0.414. The molecule has 0 spiro atoms. The van der Waals surface area contributed by atoms with Crippen LogP contribution in [0.2, 0.25) is 0 Å². The van der Waals surface area contributed by atoms with Gasteiger partial charge in [0, 0.05) is 6.04 Å². The van der Waals surface area contributed by atoms with Crippen molar-refractivity contribution in [2.24, 2.45) is 5.92 Å². The highest BCUT2D eigenvalue weighted by atomic mass is 16.5. The number of rotatable bonds is 4. The summed E-state index contributed by atoms with van der Waals surface area (Å²) < 4.78 is 5.14. The van der Waals surface area contributed by atoms with Crippen molar-refractivity contribution in [3.8, 4) is 5.75 Å². The van der Waals surface area contributed by atoms with Crippen molar-refractivity contribution in [2.45, 2.75) is 18.9 Å². The molecule has 0 bridgehead atoms. The first-order chi connectivity index (χ1) is 6.85. The highest BCUT2D eigenvalue weighted by Crippen LogP contribution is 2.40. The zero-order chi connectivity index (χ0) is 9.97. The van der Waals surface area contributed by atoms with Crippen LogP contribution in [0.15, 0.2) is 24.3 Å². The van der Waals surface area contributed by atoms with Crippen LogP contribution in [-0.2, 0) is 0 Å². The third-order valence-electron chi connectivity index (χ3n) is 2.88. The van der Waals surface area contributed by atoms with Gasteiger partial charge in [-0.2, -0.15) is 0 Å². The Balaban J connectivity index is 2.13. The van der Waals surface area contributed by atoms with E-state index in [1.54, 1.807) is 7.11 Å². The first-order valence-corrected chi connectivity index (χ1v) is 5.16. The molecule has 1 atom stereocenters. The van der Waals surface area contributed by atoms with E-state index in [9.17, 15) is 0 Å². The van der Waals surface area contributed by atoms with Gasteiger partial charge in [-0.1, -0.05) is 12.1 Å². The Hall–Kier alpha value is -1.02. The second-order valence-corrected chi connectivity index (χ2v) is 3.88. The molecule has 0 radical (unpaired) electrons. The number of methoxy groups -OCH3 is 1. The molecule has 1 aliphatic rings. The summed E-state index contributed by atoms with van der Waals surface area (Å²) in [6, 6.07) is 8.89. The highest BCUT2D eigenvalue weighted by Gasteiger charge is 2.30. The van der Waals surface area contributed by atoms with E-state index in [2.05, 4.69) is 17.4 Å². The average Bonchev–Trinajstić information content (AvgIpc) is 3.04. The number of hydrogen-bond acceptors (Lipinski definition) is 2. The van der Waals surface area contributed by atoms with Gasteiger partial charge < -0.3 is 10.1 Å². The Morgan fingerprint density at radius 1 is 1.29 bits per heavy atom. The largest absolute Gasteiger partial charge is 0.497 e. The maximum Gasteiger partial charge on any atom is 0.118 e. The summed E-state index contributed by atoms with van der Waals surface area (Å²) in [6.45, 7) is 0. The maximum absolute atomic E-state index is 5.14. The normalized spacial score (nSPS) is 17.9. The van der Waals surface area contributed by atoms with E-state index in [1.807, 2.05) is 19.2 Å². The molecule has 1 N–H and O–H groups in total. The fourth-order valence-electron chi connectivity index (χ4n) is 1.92. The summed E-state index contributed by atoms with van der Waals surface area (Å²) >= 11 is 0. The van der Waals surface area contributed by atoms with Gasteiger partial charge in [0.15, 0.2) is 0 Å². The van der Waals surface area contributed by atoms with Crippen LogP contribution in [-0.4, -0.2) is 14.2 Å². The molecule has 0 saturated heterocycles. The van der Waals surface area contributed by atoms with Crippen LogP contribution in [0.3, 0.4) is 0 Å². The fraction of sp³-hybridized carbons (Fsp3) is 0.500. The molecule has 2 heteroatoms. The van der Waals surface area contributed by atoms with Crippen molar-refractivity contribution in [2.75, 3.05) is 14.2 Å². The van der Waals surface area contributed by atoms with Crippen molar-refractivity contribution in [3.63, 3.8) is 0 Å². The lowest BCUT2D eigenvalue weighted by atomic mass is 10.0. The van der Waals surface area contributed by atoms with Crippen LogP contribution in [0, 0.1) is 5.92 Å². The van der Waals surface area contributed by atoms with Gasteiger partial charge in [0.1, 0.15) is 5.75 Å².